The van der Waals surface area contributed by atoms with Crippen molar-refractivity contribution in [1.82, 2.24) is 0 Å². The molecule has 7 nitrogen and oxygen atoms in total. The minimum atomic E-state index is -0.817. The van der Waals surface area contributed by atoms with Gasteiger partial charge in [-0.1, -0.05) is 34.6 Å². The summed E-state index contributed by atoms with van der Waals surface area (Å²) in [4.78, 5) is 11.4. The molecule has 0 saturated carbocycles. The molecule has 0 aromatic carbocycles. The maximum atomic E-state index is 9.87. The lowest BCUT2D eigenvalue weighted by molar-refractivity contribution is -0.870. The summed E-state index contributed by atoms with van der Waals surface area (Å²) >= 11 is 0. The Hall–Kier alpha value is -0.730. The molecule has 0 fully saturated rings. The highest BCUT2D eigenvalue weighted by Crippen LogP contribution is 1.90. The van der Waals surface area contributed by atoms with Crippen LogP contribution in [-0.4, -0.2) is 90.1 Å². The summed E-state index contributed by atoms with van der Waals surface area (Å²) in [6.07, 6.45) is 5.68. The Morgan fingerprint density at radius 3 is 1.45 bits per heavy atom. The molecule has 182 valence electrons. The summed E-state index contributed by atoms with van der Waals surface area (Å²) in [7, 11) is 13.1. The number of rotatable bonds is 9. The van der Waals surface area contributed by atoms with Crippen LogP contribution in [0.2, 0.25) is 0 Å². The molecule has 0 heterocycles. The molecule has 0 rings (SSSR count). The number of hydrogen-bond acceptors (Lipinski definition) is 1. The lowest BCUT2D eigenvalue weighted by Crippen LogP contribution is -3.05. The lowest BCUT2D eigenvalue weighted by atomic mass is 10.2. The number of aliphatic carboxylic acids is 1. The minimum absolute atomic E-state index is 0.431. The standard InChI is InChI=1S/C6H16N.C5H13N.C4H9NO2.C4H11N.C3H9N/c1-5-6-7(2,3)4;1-4-5-6(2)3;1-2-3(5)4(6)7;1-3-4-5-2;1-2-3-4/h5-6H2,1-4H3;4-5H2,1-3H3;3H,2,5H2,1H3,(H,6,7);5H,3-4H2,1-2H3;2-4H2,1H3/q+1;;;;/p+4. The summed E-state index contributed by atoms with van der Waals surface area (Å²) in [6.45, 7) is 15.4. The van der Waals surface area contributed by atoms with Crippen LogP contribution >= 0.6 is 0 Å². The Morgan fingerprint density at radius 2 is 1.45 bits per heavy atom. The normalized spacial score (nSPS) is 10.7. The van der Waals surface area contributed by atoms with Crippen LogP contribution in [0.4, 0.5) is 0 Å². The molecule has 1 atom stereocenters. The van der Waals surface area contributed by atoms with E-state index in [0.29, 0.717) is 6.42 Å². The van der Waals surface area contributed by atoms with Crippen LogP contribution in [-0.2, 0) is 4.79 Å². The molecule has 10 N–H and O–H groups in total. The first kappa shape index (κ1) is 38.8. The topological polar surface area (TPSA) is 114 Å². The van der Waals surface area contributed by atoms with E-state index in [9.17, 15) is 4.79 Å². The van der Waals surface area contributed by atoms with Gasteiger partial charge in [-0.2, -0.15) is 0 Å². The highest BCUT2D eigenvalue weighted by Gasteiger charge is 2.10. The molecule has 0 aromatic rings. The van der Waals surface area contributed by atoms with Gasteiger partial charge in [0.25, 0.3) is 0 Å². The number of carboxylic acids is 1. The molecule has 29 heavy (non-hydrogen) atoms. The summed E-state index contributed by atoms with van der Waals surface area (Å²) in [5.74, 6) is -0.817. The monoisotopic (exact) mass is 428 g/mol. The maximum absolute atomic E-state index is 9.87. The Bertz CT molecular complexity index is 279. The number of quaternary nitrogens is 5. The van der Waals surface area contributed by atoms with Gasteiger partial charge in [0, 0.05) is 6.42 Å². The van der Waals surface area contributed by atoms with Crippen molar-refractivity contribution in [2.24, 2.45) is 0 Å². The van der Waals surface area contributed by atoms with E-state index in [1.165, 1.54) is 50.2 Å². The zero-order valence-electron chi connectivity index (χ0n) is 22.2. The largest absolute Gasteiger partial charge is 0.477 e. The first-order valence-electron chi connectivity index (χ1n) is 11.6. The van der Waals surface area contributed by atoms with Crippen molar-refractivity contribution >= 4 is 5.97 Å². The molecule has 0 saturated heterocycles. The van der Waals surface area contributed by atoms with Crippen molar-refractivity contribution in [1.29, 1.82) is 0 Å². The van der Waals surface area contributed by atoms with Gasteiger partial charge in [0.1, 0.15) is 0 Å². The highest BCUT2D eigenvalue weighted by atomic mass is 16.4. The molecule has 0 bridgehead atoms. The Labute approximate surface area is 183 Å². The zero-order chi connectivity index (χ0) is 24.3. The first-order chi connectivity index (χ1) is 13.3. The Morgan fingerprint density at radius 1 is 1.00 bits per heavy atom. The van der Waals surface area contributed by atoms with E-state index in [1.54, 1.807) is 6.92 Å². The number of nitrogens with two attached hydrogens (primary N) is 1. The predicted octanol–water partition coefficient (Wildman–Crippen LogP) is -1.04. The quantitative estimate of drug-likeness (QED) is 0.302. The summed E-state index contributed by atoms with van der Waals surface area (Å²) in [6, 6.07) is -0.431. The van der Waals surface area contributed by atoms with Gasteiger partial charge in [0.2, 0.25) is 0 Å². The fourth-order valence-electron chi connectivity index (χ4n) is 1.63. The van der Waals surface area contributed by atoms with Crippen LogP contribution in [0, 0.1) is 0 Å². The van der Waals surface area contributed by atoms with Crippen LogP contribution in [0.15, 0.2) is 0 Å². The molecule has 0 aliphatic heterocycles. The van der Waals surface area contributed by atoms with E-state index < -0.39 is 12.0 Å². The van der Waals surface area contributed by atoms with E-state index in [-0.39, 0.29) is 0 Å². The van der Waals surface area contributed by atoms with Crippen LogP contribution in [0.25, 0.3) is 0 Å². The fourth-order valence-corrected chi connectivity index (χ4v) is 1.63. The second-order valence-corrected chi connectivity index (χ2v) is 8.46. The molecule has 7 heteroatoms. The first-order valence-corrected chi connectivity index (χ1v) is 11.6. The fraction of sp³-hybridized carbons (Fsp3) is 0.955. The van der Waals surface area contributed by atoms with Crippen molar-refractivity contribution in [3.05, 3.63) is 0 Å². The number of carbonyl (C=O) groups is 1. The average Bonchev–Trinajstić information content (AvgIpc) is 2.62. The number of carboxylic acid groups (broad SMARTS) is 1. The van der Waals surface area contributed by atoms with E-state index in [1.807, 2.05) is 0 Å². The van der Waals surface area contributed by atoms with Gasteiger partial charge < -0.3 is 31.3 Å². The molecule has 0 spiro atoms. The molecule has 0 radical (unpaired) electrons. The van der Waals surface area contributed by atoms with Crippen molar-refractivity contribution in [3.63, 3.8) is 0 Å². The molecule has 1 unspecified atom stereocenters. The van der Waals surface area contributed by atoms with E-state index >= 15 is 0 Å². The van der Waals surface area contributed by atoms with Crippen molar-refractivity contribution in [2.75, 3.05) is 68.5 Å². The van der Waals surface area contributed by atoms with E-state index in [4.69, 9.17) is 5.11 Å². The van der Waals surface area contributed by atoms with Crippen molar-refractivity contribution in [3.8, 4) is 0 Å². The minimum Gasteiger partial charge on any atom is -0.477 e. The third-order valence-corrected chi connectivity index (χ3v) is 3.42. The van der Waals surface area contributed by atoms with Gasteiger partial charge in [-0.3, -0.25) is 0 Å². The van der Waals surface area contributed by atoms with Crippen LogP contribution in [0.5, 0.6) is 0 Å². The van der Waals surface area contributed by atoms with Gasteiger partial charge in [-0.05, 0) is 25.7 Å². The second-order valence-electron chi connectivity index (χ2n) is 8.46. The van der Waals surface area contributed by atoms with Gasteiger partial charge in [0.15, 0.2) is 6.04 Å². The average molecular weight is 429 g/mol. The summed E-state index contributed by atoms with van der Waals surface area (Å²) in [5.41, 5.74) is 6.96. The molecular formula is C22H62N5O2+5. The molecule has 0 aliphatic rings. The van der Waals surface area contributed by atoms with Gasteiger partial charge >= 0.3 is 5.97 Å². The van der Waals surface area contributed by atoms with Crippen molar-refractivity contribution < 1.29 is 36.1 Å². The number of nitrogens with one attached hydrogen (secondary N) is 1. The third-order valence-electron chi connectivity index (χ3n) is 3.42. The lowest BCUT2D eigenvalue weighted by Gasteiger charge is -2.22. The number of nitrogens with zero attached hydrogens (tertiary/aromatic N) is 1. The van der Waals surface area contributed by atoms with Crippen molar-refractivity contribution in [2.45, 2.75) is 72.8 Å². The molecule has 0 aromatic heterocycles. The third kappa shape index (κ3) is 74.7. The van der Waals surface area contributed by atoms with Crippen LogP contribution in [0.3, 0.4) is 0 Å². The Balaban J connectivity index is -0.0000000840. The Kier molecular flexibility index (Phi) is 42.8. The van der Waals surface area contributed by atoms with Gasteiger partial charge in [-0.25, -0.2) is 4.79 Å². The maximum Gasteiger partial charge on any atom is 0.362 e. The molecule has 0 aliphatic carbocycles. The summed E-state index contributed by atoms with van der Waals surface area (Å²) < 4.78 is 1.09. The second kappa shape index (κ2) is 31.9. The van der Waals surface area contributed by atoms with E-state index in [2.05, 4.69) is 86.8 Å². The summed E-state index contributed by atoms with van der Waals surface area (Å²) in [5, 5.41) is 10.3. The van der Waals surface area contributed by atoms with Crippen LogP contribution < -0.4 is 21.7 Å². The van der Waals surface area contributed by atoms with E-state index in [0.717, 1.165) is 11.0 Å². The zero-order valence-corrected chi connectivity index (χ0v) is 22.2. The van der Waals surface area contributed by atoms with Gasteiger partial charge in [0.05, 0.1) is 68.5 Å². The predicted molar refractivity (Wildman–Crippen MR) is 127 cm³/mol. The highest BCUT2D eigenvalue weighted by molar-refractivity contribution is 5.71. The molecular weight excluding hydrogens is 366 g/mol. The number of hydrogen-bond donors (Lipinski definition) is 5. The smallest absolute Gasteiger partial charge is 0.362 e. The van der Waals surface area contributed by atoms with Gasteiger partial charge in [-0.15, -0.1) is 0 Å². The SMILES string of the molecule is CCC([NH3+])C(=O)O.CCC[N+](C)(C)C.CCC[NH+](C)C.CCC[NH2+]C.CCC[NH3+]. The van der Waals surface area contributed by atoms with Crippen LogP contribution in [0.1, 0.15) is 66.7 Å². The molecule has 0 amide bonds.